The number of nitrogens with one attached hydrogen (secondary N) is 1. The molecule has 1 aliphatic carbocycles. The van der Waals surface area contributed by atoms with E-state index in [0.717, 1.165) is 48.1 Å². The van der Waals surface area contributed by atoms with Gasteiger partial charge in [-0.1, -0.05) is 0 Å². The Balaban J connectivity index is 1.61. The zero-order valence-corrected chi connectivity index (χ0v) is 13.7. The molecule has 0 amide bonds. The highest BCUT2D eigenvalue weighted by molar-refractivity contribution is 5.46. The summed E-state index contributed by atoms with van der Waals surface area (Å²) in [5.74, 6) is 3.80. The highest BCUT2D eigenvalue weighted by Crippen LogP contribution is 2.31. The van der Waals surface area contributed by atoms with Crippen LogP contribution in [0.3, 0.4) is 0 Å². The van der Waals surface area contributed by atoms with Crippen molar-refractivity contribution in [1.82, 2.24) is 20.2 Å². The molecule has 0 unspecified atom stereocenters. The lowest BCUT2D eigenvalue weighted by molar-refractivity contribution is 0.416. The first-order valence-electron chi connectivity index (χ1n) is 7.88. The van der Waals surface area contributed by atoms with Gasteiger partial charge < -0.3 is 9.73 Å². The van der Waals surface area contributed by atoms with Crippen LogP contribution in [0.5, 0.6) is 0 Å². The molecule has 3 rings (SSSR count). The van der Waals surface area contributed by atoms with Crippen LogP contribution in [0.2, 0.25) is 0 Å². The van der Waals surface area contributed by atoms with Crippen LogP contribution in [0.15, 0.2) is 4.42 Å². The molecule has 2 atom stereocenters. The second-order valence-electron chi connectivity index (χ2n) is 6.27. The quantitative estimate of drug-likeness (QED) is 0.935. The number of nitrogens with zero attached hydrogens (tertiary/aromatic N) is 4. The van der Waals surface area contributed by atoms with E-state index < -0.39 is 0 Å². The van der Waals surface area contributed by atoms with Gasteiger partial charge in [-0.15, -0.1) is 10.2 Å². The van der Waals surface area contributed by atoms with Gasteiger partial charge in [-0.3, -0.25) is 0 Å². The monoisotopic (exact) mass is 301 g/mol. The molecule has 0 aliphatic heterocycles. The summed E-state index contributed by atoms with van der Waals surface area (Å²) < 4.78 is 5.49. The number of hydrogen-bond acceptors (Lipinski definition) is 6. The van der Waals surface area contributed by atoms with Crippen LogP contribution < -0.4 is 5.32 Å². The molecule has 0 radical (unpaired) electrons. The number of rotatable bonds is 4. The number of hydrogen-bond donors (Lipinski definition) is 1. The molecular weight excluding hydrogens is 278 g/mol. The predicted molar refractivity (Wildman–Crippen MR) is 83.7 cm³/mol. The van der Waals surface area contributed by atoms with Crippen LogP contribution in [0.4, 0.5) is 5.82 Å². The summed E-state index contributed by atoms with van der Waals surface area (Å²) in [5, 5.41) is 11.6. The molecule has 6 nitrogen and oxygen atoms in total. The van der Waals surface area contributed by atoms with Gasteiger partial charge in [0.15, 0.2) is 0 Å². The highest BCUT2D eigenvalue weighted by Gasteiger charge is 2.27. The SMILES string of the molecule is Cc1nc(C)c(C)c(N[C@H]2CC[C@@H](Cc3nnc(C)o3)C2)n1. The lowest BCUT2D eigenvalue weighted by Gasteiger charge is -2.16. The van der Waals surface area contributed by atoms with E-state index in [-0.39, 0.29) is 0 Å². The van der Waals surface area contributed by atoms with Crippen molar-refractivity contribution in [3.05, 3.63) is 28.9 Å². The molecule has 22 heavy (non-hydrogen) atoms. The van der Waals surface area contributed by atoms with Crippen LogP contribution in [0.25, 0.3) is 0 Å². The van der Waals surface area contributed by atoms with Gasteiger partial charge >= 0.3 is 0 Å². The van der Waals surface area contributed by atoms with Crippen LogP contribution in [-0.2, 0) is 6.42 Å². The van der Waals surface area contributed by atoms with Gasteiger partial charge in [-0.05, 0) is 46.0 Å². The van der Waals surface area contributed by atoms with Crippen molar-refractivity contribution in [2.75, 3.05) is 5.32 Å². The van der Waals surface area contributed by atoms with Crippen molar-refractivity contribution in [2.45, 2.75) is 59.4 Å². The van der Waals surface area contributed by atoms with E-state index in [1.807, 2.05) is 20.8 Å². The van der Waals surface area contributed by atoms with Crippen molar-refractivity contribution >= 4 is 5.82 Å². The summed E-state index contributed by atoms with van der Waals surface area (Å²) in [5.41, 5.74) is 2.19. The Morgan fingerprint density at radius 2 is 1.91 bits per heavy atom. The topological polar surface area (TPSA) is 76.7 Å². The molecule has 0 spiro atoms. The van der Waals surface area contributed by atoms with Crippen molar-refractivity contribution in [2.24, 2.45) is 5.92 Å². The van der Waals surface area contributed by atoms with E-state index in [1.54, 1.807) is 0 Å². The molecule has 1 N–H and O–H groups in total. The minimum Gasteiger partial charge on any atom is -0.426 e. The second-order valence-corrected chi connectivity index (χ2v) is 6.27. The molecule has 1 fully saturated rings. The van der Waals surface area contributed by atoms with E-state index in [2.05, 4.69) is 32.4 Å². The fourth-order valence-corrected chi connectivity index (χ4v) is 3.16. The minimum atomic E-state index is 0.460. The molecular formula is C16H23N5O. The summed E-state index contributed by atoms with van der Waals surface area (Å²) in [6.07, 6.45) is 4.32. The van der Waals surface area contributed by atoms with Crippen LogP contribution in [-0.4, -0.2) is 26.2 Å². The molecule has 1 aliphatic rings. The van der Waals surface area contributed by atoms with Crippen molar-refractivity contribution in [3.63, 3.8) is 0 Å². The van der Waals surface area contributed by atoms with Gasteiger partial charge in [0.25, 0.3) is 0 Å². The van der Waals surface area contributed by atoms with Crippen LogP contribution in [0.1, 0.15) is 48.1 Å². The summed E-state index contributed by atoms with van der Waals surface area (Å²) >= 11 is 0. The smallest absolute Gasteiger partial charge is 0.216 e. The highest BCUT2D eigenvalue weighted by atomic mass is 16.4. The zero-order valence-electron chi connectivity index (χ0n) is 13.7. The van der Waals surface area contributed by atoms with Crippen molar-refractivity contribution < 1.29 is 4.42 Å². The molecule has 1 saturated carbocycles. The number of aryl methyl sites for hydroxylation is 3. The molecule has 0 saturated heterocycles. The second kappa shape index (κ2) is 6.02. The number of aromatic nitrogens is 4. The molecule has 2 heterocycles. The standard InChI is InChI=1S/C16H23N5O/c1-9-10(2)17-11(3)18-16(9)19-14-6-5-13(7-14)8-15-21-20-12(4)22-15/h13-14H,5-8H2,1-4H3,(H,17,18,19)/t13-,14+/m1/s1. The normalized spacial score (nSPS) is 21.3. The average molecular weight is 301 g/mol. The molecule has 2 aromatic rings. The third kappa shape index (κ3) is 3.26. The molecule has 2 aromatic heterocycles. The maximum Gasteiger partial charge on any atom is 0.216 e. The van der Waals surface area contributed by atoms with Gasteiger partial charge in [0.1, 0.15) is 11.6 Å². The maximum absolute atomic E-state index is 5.49. The predicted octanol–water partition coefficient (Wildman–Crippen LogP) is 2.92. The first-order chi connectivity index (χ1) is 10.5. The molecule has 6 heteroatoms. The maximum atomic E-state index is 5.49. The Kier molecular flexibility index (Phi) is 4.09. The Bertz CT molecular complexity index is 667. The Hall–Kier alpha value is -1.98. The van der Waals surface area contributed by atoms with E-state index in [9.17, 15) is 0 Å². The van der Waals surface area contributed by atoms with Crippen molar-refractivity contribution in [3.8, 4) is 0 Å². The third-order valence-corrected chi connectivity index (χ3v) is 4.41. The minimum absolute atomic E-state index is 0.460. The van der Waals surface area contributed by atoms with Crippen LogP contribution >= 0.6 is 0 Å². The Labute approximate surface area is 130 Å². The lowest BCUT2D eigenvalue weighted by atomic mass is 10.0. The van der Waals surface area contributed by atoms with E-state index >= 15 is 0 Å². The lowest BCUT2D eigenvalue weighted by Crippen LogP contribution is -2.18. The van der Waals surface area contributed by atoms with Gasteiger partial charge in [0.05, 0.1) is 0 Å². The summed E-state index contributed by atoms with van der Waals surface area (Å²) in [4.78, 5) is 8.95. The van der Waals surface area contributed by atoms with Gasteiger partial charge in [0.2, 0.25) is 11.8 Å². The largest absolute Gasteiger partial charge is 0.426 e. The average Bonchev–Trinajstić information content (AvgIpc) is 3.05. The van der Waals surface area contributed by atoms with Gasteiger partial charge in [0, 0.05) is 30.6 Å². The van der Waals surface area contributed by atoms with Gasteiger partial charge in [-0.25, -0.2) is 9.97 Å². The Morgan fingerprint density at radius 1 is 1.09 bits per heavy atom. The number of anilines is 1. The van der Waals surface area contributed by atoms with Crippen molar-refractivity contribution in [1.29, 1.82) is 0 Å². The molecule has 0 bridgehead atoms. The first kappa shape index (κ1) is 14.9. The fraction of sp³-hybridized carbons (Fsp3) is 0.625. The molecule has 0 aromatic carbocycles. The fourth-order valence-electron chi connectivity index (χ4n) is 3.16. The zero-order chi connectivity index (χ0) is 15.7. The van der Waals surface area contributed by atoms with E-state index in [4.69, 9.17) is 4.42 Å². The molecule has 118 valence electrons. The summed E-state index contributed by atoms with van der Waals surface area (Å²) in [6.45, 7) is 7.88. The van der Waals surface area contributed by atoms with E-state index in [1.165, 1.54) is 6.42 Å². The van der Waals surface area contributed by atoms with Crippen LogP contribution in [0, 0.1) is 33.6 Å². The van der Waals surface area contributed by atoms with E-state index in [0.29, 0.717) is 17.9 Å². The van der Waals surface area contributed by atoms with Gasteiger partial charge in [-0.2, -0.15) is 0 Å². The Morgan fingerprint density at radius 3 is 2.64 bits per heavy atom. The summed E-state index contributed by atoms with van der Waals surface area (Å²) in [7, 11) is 0. The third-order valence-electron chi connectivity index (χ3n) is 4.41. The summed E-state index contributed by atoms with van der Waals surface area (Å²) in [6, 6.07) is 0.460. The first-order valence-corrected chi connectivity index (χ1v) is 7.88.